The van der Waals surface area contributed by atoms with E-state index >= 15 is 0 Å². The predicted octanol–water partition coefficient (Wildman–Crippen LogP) is 1.88. The molecule has 0 aliphatic carbocycles. The first kappa shape index (κ1) is 14.9. The van der Waals surface area contributed by atoms with Crippen molar-refractivity contribution in [3.8, 4) is 0 Å². The maximum absolute atomic E-state index is 11.9. The lowest BCUT2D eigenvalue weighted by molar-refractivity contribution is -0.148. The van der Waals surface area contributed by atoms with E-state index in [1.165, 1.54) is 4.90 Å². The number of rotatable bonds is 5. The molecule has 0 aromatic carbocycles. The van der Waals surface area contributed by atoms with Crippen molar-refractivity contribution >= 4 is 23.8 Å². The molecule has 1 aliphatic rings. The summed E-state index contributed by atoms with van der Waals surface area (Å²) >= 11 is 1.66. The highest BCUT2D eigenvalue weighted by atomic mass is 32.2. The lowest BCUT2D eigenvalue weighted by atomic mass is 10.0. The van der Waals surface area contributed by atoms with Crippen molar-refractivity contribution in [1.82, 2.24) is 4.90 Å². The quantitative estimate of drug-likeness (QED) is 0.565. The van der Waals surface area contributed by atoms with Crippen LogP contribution >= 0.6 is 11.8 Å². The van der Waals surface area contributed by atoms with Crippen molar-refractivity contribution in [2.24, 2.45) is 5.92 Å². The molecule has 6 heteroatoms. The Hall–Kier alpha value is -1.17. The summed E-state index contributed by atoms with van der Waals surface area (Å²) in [5.74, 6) is 0.591. The van der Waals surface area contributed by atoms with Crippen molar-refractivity contribution in [2.45, 2.75) is 19.4 Å². The number of thioether (sulfide) groups is 1. The topological polar surface area (TPSA) is 55.8 Å². The van der Waals surface area contributed by atoms with Gasteiger partial charge in [-0.1, -0.05) is 6.58 Å². The Morgan fingerprint density at radius 3 is 2.83 bits per heavy atom. The van der Waals surface area contributed by atoms with E-state index in [9.17, 15) is 9.59 Å². The van der Waals surface area contributed by atoms with Crippen LogP contribution in [0.4, 0.5) is 4.79 Å². The lowest BCUT2D eigenvalue weighted by Gasteiger charge is -2.24. The summed E-state index contributed by atoms with van der Waals surface area (Å²) in [5.41, 5.74) is 0. The highest BCUT2D eigenvalue weighted by Gasteiger charge is 2.43. The van der Waals surface area contributed by atoms with E-state index in [0.29, 0.717) is 13.2 Å². The lowest BCUT2D eigenvalue weighted by Crippen LogP contribution is -2.44. The average molecular weight is 273 g/mol. The number of hydrogen-bond acceptors (Lipinski definition) is 5. The summed E-state index contributed by atoms with van der Waals surface area (Å²) in [5, 5.41) is 0. The van der Waals surface area contributed by atoms with Gasteiger partial charge < -0.3 is 9.47 Å². The largest absolute Gasteiger partial charge is 0.464 e. The summed E-state index contributed by atoms with van der Waals surface area (Å²) in [7, 11) is 0. The molecule has 0 bridgehead atoms. The van der Waals surface area contributed by atoms with Gasteiger partial charge in [0, 0.05) is 12.5 Å². The van der Waals surface area contributed by atoms with Gasteiger partial charge in [-0.15, -0.1) is 0 Å². The van der Waals surface area contributed by atoms with Crippen LogP contribution in [0, 0.1) is 5.92 Å². The first-order valence-corrected chi connectivity index (χ1v) is 7.28. The molecule has 1 amide bonds. The van der Waals surface area contributed by atoms with Crippen LogP contribution in [-0.2, 0) is 14.3 Å². The molecule has 102 valence electrons. The summed E-state index contributed by atoms with van der Waals surface area (Å²) in [6.45, 7) is 5.92. The van der Waals surface area contributed by atoms with E-state index in [1.807, 2.05) is 6.26 Å². The maximum atomic E-state index is 11.9. The van der Waals surface area contributed by atoms with Crippen LogP contribution in [0.1, 0.15) is 13.3 Å². The van der Waals surface area contributed by atoms with Crippen LogP contribution in [0.25, 0.3) is 0 Å². The van der Waals surface area contributed by atoms with Crippen LogP contribution in [0.5, 0.6) is 0 Å². The summed E-state index contributed by atoms with van der Waals surface area (Å²) in [4.78, 5) is 25.1. The molecule has 0 saturated carbocycles. The Bertz CT molecular complexity index is 321. The molecule has 5 nitrogen and oxygen atoms in total. The van der Waals surface area contributed by atoms with Gasteiger partial charge in [0.2, 0.25) is 0 Å². The fourth-order valence-corrected chi connectivity index (χ4v) is 2.91. The second kappa shape index (κ2) is 7.31. The van der Waals surface area contributed by atoms with Gasteiger partial charge >= 0.3 is 12.1 Å². The predicted molar refractivity (Wildman–Crippen MR) is 70.3 cm³/mol. The van der Waals surface area contributed by atoms with Gasteiger partial charge in [-0.2, -0.15) is 11.8 Å². The van der Waals surface area contributed by atoms with Crippen molar-refractivity contribution in [1.29, 1.82) is 0 Å². The third kappa shape index (κ3) is 3.41. The molecule has 0 unspecified atom stereocenters. The van der Waals surface area contributed by atoms with Gasteiger partial charge in [0.25, 0.3) is 0 Å². The Morgan fingerprint density at radius 1 is 1.56 bits per heavy atom. The van der Waals surface area contributed by atoms with E-state index in [2.05, 4.69) is 6.58 Å². The smallest absolute Gasteiger partial charge is 0.415 e. The van der Waals surface area contributed by atoms with E-state index in [1.54, 1.807) is 18.7 Å². The SMILES string of the molecule is C=COC(=O)N1CC[C@@H](CSC)[C@H]1C(=O)OCC. The van der Waals surface area contributed by atoms with E-state index in [0.717, 1.165) is 18.4 Å². The Kier molecular flexibility index (Phi) is 6.04. The van der Waals surface area contributed by atoms with Gasteiger partial charge in [0.05, 0.1) is 12.9 Å². The van der Waals surface area contributed by atoms with Gasteiger partial charge in [-0.05, 0) is 25.4 Å². The fourth-order valence-electron chi connectivity index (χ4n) is 2.14. The van der Waals surface area contributed by atoms with Crippen LogP contribution in [-0.4, -0.2) is 48.2 Å². The fraction of sp³-hybridized carbons (Fsp3) is 0.667. The van der Waals surface area contributed by atoms with Crippen LogP contribution in [0.3, 0.4) is 0 Å². The van der Waals surface area contributed by atoms with Crippen molar-refractivity contribution in [3.05, 3.63) is 12.8 Å². The van der Waals surface area contributed by atoms with Gasteiger partial charge in [0.1, 0.15) is 6.04 Å². The molecule has 1 heterocycles. The molecular weight excluding hydrogens is 254 g/mol. The second-order valence-corrected chi connectivity index (χ2v) is 4.86. The molecule has 0 radical (unpaired) electrons. The number of esters is 1. The third-order valence-electron chi connectivity index (χ3n) is 2.85. The van der Waals surface area contributed by atoms with E-state index in [4.69, 9.17) is 9.47 Å². The van der Waals surface area contributed by atoms with E-state index < -0.39 is 12.1 Å². The molecule has 1 rings (SSSR count). The van der Waals surface area contributed by atoms with Gasteiger partial charge in [0.15, 0.2) is 0 Å². The molecule has 1 saturated heterocycles. The summed E-state index contributed by atoms with van der Waals surface area (Å²) in [6.07, 6.45) is 3.31. The minimum Gasteiger partial charge on any atom is -0.464 e. The number of amides is 1. The minimum atomic E-state index is -0.537. The highest BCUT2D eigenvalue weighted by Crippen LogP contribution is 2.28. The molecule has 0 aromatic heterocycles. The maximum Gasteiger partial charge on any atom is 0.415 e. The van der Waals surface area contributed by atoms with E-state index in [-0.39, 0.29) is 11.9 Å². The number of nitrogens with zero attached hydrogens (tertiary/aromatic N) is 1. The van der Waals surface area contributed by atoms with Crippen molar-refractivity contribution in [2.75, 3.05) is 25.2 Å². The highest BCUT2D eigenvalue weighted by molar-refractivity contribution is 7.98. The molecule has 0 aromatic rings. The van der Waals surface area contributed by atoms with Crippen molar-refractivity contribution in [3.63, 3.8) is 0 Å². The molecule has 1 fully saturated rings. The standard InChI is InChI=1S/C12H19NO4S/c1-4-16-11(14)10-9(8-18-3)6-7-13(10)12(15)17-5-2/h5,9-10H,2,4,6-8H2,1,3H3/t9-,10-/m0/s1. The van der Waals surface area contributed by atoms with Crippen LogP contribution in [0.15, 0.2) is 12.8 Å². The number of carbonyl (C=O) groups is 2. The average Bonchev–Trinajstić information content (AvgIpc) is 2.74. The Morgan fingerprint density at radius 2 is 2.28 bits per heavy atom. The molecular formula is C12H19NO4S. The first-order valence-electron chi connectivity index (χ1n) is 5.89. The monoisotopic (exact) mass is 273 g/mol. The molecule has 1 aliphatic heterocycles. The number of ether oxygens (including phenoxy) is 2. The number of likely N-dealkylation sites (tertiary alicyclic amines) is 1. The van der Waals surface area contributed by atoms with Gasteiger partial charge in [-0.3, -0.25) is 4.90 Å². The normalized spacial score (nSPS) is 22.7. The van der Waals surface area contributed by atoms with Crippen LogP contribution in [0.2, 0.25) is 0 Å². The molecule has 0 spiro atoms. The summed E-state index contributed by atoms with van der Waals surface area (Å²) < 4.78 is 9.78. The molecule has 0 N–H and O–H groups in total. The Labute approximate surface area is 111 Å². The second-order valence-electron chi connectivity index (χ2n) is 3.94. The first-order chi connectivity index (χ1) is 8.65. The zero-order valence-electron chi connectivity index (χ0n) is 10.8. The Balaban J connectivity index is 2.79. The zero-order valence-corrected chi connectivity index (χ0v) is 11.6. The van der Waals surface area contributed by atoms with Gasteiger partial charge in [-0.25, -0.2) is 9.59 Å². The van der Waals surface area contributed by atoms with Crippen molar-refractivity contribution < 1.29 is 19.1 Å². The van der Waals surface area contributed by atoms with Crippen LogP contribution < -0.4 is 0 Å². The third-order valence-corrected chi connectivity index (χ3v) is 3.61. The molecule has 2 atom stereocenters. The number of carbonyl (C=O) groups excluding carboxylic acids is 2. The molecule has 18 heavy (non-hydrogen) atoms. The number of hydrogen-bond donors (Lipinski definition) is 0. The summed E-state index contributed by atoms with van der Waals surface area (Å²) in [6, 6.07) is -0.537. The zero-order chi connectivity index (χ0) is 13.5. The minimum absolute atomic E-state index is 0.122.